The van der Waals surface area contributed by atoms with Crippen LogP contribution in [-0.2, 0) is 4.79 Å². The van der Waals surface area contributed by atoms with Gasteiger partial charge in [-0.1, -0.05) is 16.5 Å². The summed E-state index contributed by atoms with van der Waals surface area (Å²) in [5.41, 5.74) is -2.46. The third kappa shape index (κ3) is 1.71. The zero-order chi connectivity index (χ0) is 15.4. The number of hydrogen-bond donors (Lipinski definition) is 1. The van der Waals surface area contributed by atoms with Gasteiger partial charge in [0.2, 0.25) is 5.13 Å². The van der Waals surface area contributed by atoms with Crippen molar-refractivity contribution >= 4 is 22.4 Å². The quantitative estimate of drug-likeness (QED) is 0.922. The summed E-state index contributed by atoms with van der Waals surface area (Å²) in [5, 5.41) is 22.5. The molecule has 7 nitrogen and oxygen atoms in total. The van der Waals surface area contributed by atoms with E-state index in [1.54, 1.807) is 11.0 Å². The number of halogens is 1. The van der Waals surface area contributed by atoms with E-state index in [1.807, 2.05) is 0 Å². The minimum Gasteiger partial charge on any atom is -0.481 e. The molecule has 0 spiro atoms. The van der Waals surface area contributed by atoms with Crippen LogP contribution < -0.4 is 4.90 Å². The lowest BCUT2D eigenvalue weighted by molar-refractivity contribution is -0.153. The van der Waals surface area contributed by atoms with Crippen molar-refractivity contribution in [2.24, 2.45) is 5.41 Å². The first-order chi connectivity index (χ1) is 10.5. The van der Waals surface area contributed by atoms with Crippen LogP contribution in [0.5, 0.6) is 0 Å². The number of alkyl halides is 1. The Hall–Kier alpha value is -2.03. The Kier molecular flexibility index (Phi) is 2.77. The van der Waals surface area contributed by atoms with Crippen molar-refractivity contribution in [1.82, 2.24) is 15.4 Å². The monoisotopic (exact) mass is 324 g/mol. The molecule has 1 aliphatic heterocycles. The average molecular weight is 324 g/mol. The number of aliphatic carboxylic acids is 1. The molecule has 0 unspecified atom stereocenters. The topological polar surface area (TPSA) is 92.3 Å². The summed E-state index contributed by atoms with van der Waals surface area (Å²) in [6, 6.07) is 1.67. The summed E-state index contributed by atoms with van der Waals surface area (Å²) >= 11 is 1.26. The number of hydrogen-bond acceptors (Lipinski definition) is 7. The Morgan fingerprint density at radius 1 is 1.41 bits per heavy atom. The lowest BCUT2D eigenvalue weighted by Crippen LogP contribution is -2.45. The number of anilines is 1. The molecular weight excluding hydrogens is 311 g/mol. The lowest BCUT2D eigenvalue weighted by atomic mass is 9.78. The molecule has 1 aliphatic carbocycles. The van der Waals surface area contributed by atoms with Crippen LogP contribution in [0, 0.1) is 5.41 Å². The number of fused-ring (bicyclic) bond motifs is 1. The molecule has 2 fully saturated rings. The number of carbonyl (C=O) groups is 1. The largest absolute Gasteiger partial charge is 0.481 e. The zero-order valence-electron chi connectivity index (χ0n) is 11.5. The number of nitrogens with zero attached hydrogens (tertiary/aromatic N) is 4. The number of rotatable bonds is 3. The van der Waals surface area contributed by atoms with E-state index in [2.05, 4.69) is 15.4 Å². The molecule has 22 heavy (non-hydrogen) atoms. The van der Waals surface area contributed by atoms with Crippen molar-refractivity contribution in [3.63, 3.8) is 0 Å². The number of carboxylic acid groups (broad SMARTS) is 1. The van der Waals surface area contributed by atoms with Gasteiger partial charge in [0, 0.05) is 12.6 Å². The second-order valence-electron chi connectivity index (χ2n) is 5.84. The minimum atomic E-state index is -1.70. The highest BCUT2D eigenvalue weighted by Crippen LogP contribution is 2.55. The van der Waals surface area contributed by atoms with Crippen molar-refractivity contribution in [3.8, 4) is 10.7 Å². The van der Waals surface area contributed by atoms with Gasteiger partial charge >= 0.3 is 5.97 Å². The van der Waals surface area contributed by atoms with Gasteiger partial charge < -0.3 is 14.5 Å². The Morgan fingerprint density at radius 3 is 2.95 bits per heavy atom. The first-order valence-electron chi connectivity index (χ1n) is 6.96. The molecule has 1 saturated carbocycles. The molecule has 116 valence electrons. The van der Waals surface area contributed by atoms with Gasteiger partial charge in [-0.15, -0.1) is 10.2 Å². The van der Waals surface area contributed by atoms with E-state index in [0.717, 1.165) is 0 Å². The van der Waals surface area contributed by atoms with Crippen molar-refractivity contribution in [1.29, 1.82) is 0 Å². The van der Waals surface area contributed by atoms with Gasteiger partial charge in [0.25, 0.3) is 0 Å². The van der Waals surface area contributed by atoms with E-state index in [-0.39, 0.29) is 19.5 Å². The molecule has 9 heteroatoms. The smallest absolute Gasteiger partial charge is 0.314 e. The van der Waals surface area contributed by atoms with Gasteiger partial charge in [-0.25, -0.2) is 4.39 Å². The predicted molar refractivity (Wildman–Crippen MR) is 75.4 cm³/mol. The SMILES string of the molecule is O=C(O)[C@]12CCC[C@@]1(F)CN(c1nnc(-c3ccon3)s1)C2. The molecule has 0 radical (unpaired) electrons. The normalized spacial score (nSPS) is 30.7. The van der Waals surface area contributed by atoms with Gasteiger partial charge in [-0.2, -0.15) is 0 Å². The van der Waals surface area contributed by atoms with Crippen LogP contribution in [0.2, 0.25) is 0 Å². The van der Waals surface area contributed by atoms with E-state index in [9.17, 15) is 9.90 Å². The van der Waals surface area contributed by atoms with E-state index >= 15 is 4.39 Å². The molecule has 1 saturated heterocycles. The van der Waals surface area contributed by atoms with E-state index in [4.69, 9.17) is 4.52 Å². The van der Waals surface area contributed by atoms with Crippen molar-refractivity contribution in [3.05, 3.63) is 12.3 Å². The van der Waals surface area contributed by atoms with Crippen LogP contribution >= 0.6 is 11.3 Å². The molecule has 0 aromatic carbocycles. The Balaban J connectivity index is 1.64. The summed E-state index contributed by atoms with van der Waals surface area (Å²) < 4.78 is 19.9. The fraction of sp³-hybridized carbons (Fsp3) is 0.538. The number of carboxylic acids is 1. The van der Waals surface area contributed by atoms with E-state index < -0.39 is 17.1 Å². The maximum Gasteiger partial charge on any atom is 0.314 e. The highest BCUT2D eigenvalue weighted by molar-refractivity contribution is 7.18. The molecule has 2 atom stereocenters. The minimum absolute atomic E-state index is 0.0484. The molecule has 2 aromatic rings. The van der Waals surface area contributed by atoms with E-state index in [1.165, 1.54) is 17.6 Å². The van der Waals surface area contributed by atoms with Gasteiger partial charge in [-0.05, 0) is 19.3 Å². The lowest BCUT2D eigenvalue weighted by Gasteiger charge is -2.27. The van der Waals surface area contributed by atoms with Crippen LogP contribution in [0.25, 0.3) is 10.7 Å². The van der Waals surface area contributed by atoms with Crippen LogP contribution in [0.15, 0.2) is 16.9 Å². The van der Waals surface area contributed by atoms with Crippen molar-refractivity contribution < 1.29 is 18.8 Å². The fourth-order valence-electron chi connectivity index (χ4n) is 3.54. The van der Waals surface area contributed by atoms with Gasteiger partial charge in [0.15, 0.2) is 5.01 Å². The maximum atomic E-state index is 15.1. The first-order valence-corrected chi connectivity index (χ1v) is 7.77. The average Bonchev–Trinajstić information content (AvgIpc) is 3.20. The second kappa shape index (κ2) is 4.48. The molecule has 3 heterocycles. The Bertz CT molecular complexity index is 721. The second-order valence-corrected chi connectivity index (χ2v) is 6.79. The molecule has 1 N–H and O–H groups in total. The van der Waals surface area contributed by atoms with Crippen molar-refractivity contribution in [2.45, 2.75) is 24.9 Å². The Labute approximate surface area is 128 Å². The van der Waals surface area contributed by atoms with E-state index in [0.29, 0.717) is 28.7 Å². The van der Waals surface area contributed by atoms with Crippen LogP contribution in [0.1, 0.15) is 19.3 Å². The molecular formula is C13H13FN4O3S. The molecule has 2 aromatic heterocycles. The van der Waals surface area contributed by atoms with Crippen molar-refractivity contribution in [2.75, 3.05) is 18.0 Å². The maximum absolute atomic E-state index is 15.1. The number of aromatic nitrogens is 3. The highest BCUT2D eigenvalue weighted by atomic mass is 32.1. The van der Waals surface area contributed by atoms with Crippen LogP contribution in [0.3, 0.4) is 0 Å². The molecule has 0 amide bonds. The van der Waals surface area contributed by atoms with Crippen LogP contribution in [0.4, 0.5) is 9.52 Å². The van der Waals surface area contributed by atoms with Crippen LogP contribution in [-0.4, -0.2) is 45.2 Å². The first kappa shape index (κ1) is 13.6. The summed E-state index contributed by atoms with van der Waals surface area (Å²) in [6.07, 6.45) is 2.69. The summed E-state index contributed by atoms with van der Waals surface area (Å²) in [5.74, 6) is -1.06. The Morgan fingerprint density at radius 2 is 2.27 bits per heavy atom. The standard InChI is InChI=1S/C13H13FN4O3S/c14-13-4-1-3-12(13,10(19)20)6-18(7-13)11-16-15-9(22-11)8-2-5-21-17-8/h2,5H,1,3-4,6-7H2,(H,19,20)/t12-,13-/m1/s1. The summed E-state index contributed by atoms with van der Waals surface area (Å²) in [4.78, 5) is 13.3. The fourth-order valence-corrected chi connectivity index (χ4v) is 4.34. The summed E-state index contributed by atoms with van der Waals surface area (Å²) in [7, 11) is 0. The third-order valence-electron chi connectivity index (χ3n) is 4.69. The van der Waals surface area contributed by atoms with Gasteiger partial charge in [-0.3, -0.25) is 4.79 Å². The summed E-state index contributed by atoms with van der Waals surface area (Å²) in [6.45, 7) is 0.180. The predicted octanol–water partition coefficient (Wildman–Crippen LogP) is 1.98. The molecule has 2 aliphatic rings. The zero-order valence-corrected chi connectivity index (χ0v) is 12.3. The molecule has 4 rings (SSSR count). The third-order valence-corrected chi connectivity index (χ3v) is 5.69. The molecule has 0 bridgehead atoms. The van der Waals surface area contributed by atoms with Gasteiger partial charge in [0.05, 0.1) is 6.54 Å². The van der Waals surface area contributed by atoms with Gasteiger partial charge in [0.1, 0.15) is 23.0 Å². The highest BCUT2D eigenvalue weighted by Gasteiger charge is 2.66.